The second kappa shape index (κ2) is 7.86. The summed E-state index contributed by atoms with van der Waals surface area (Å²) < 4.78 is 0. The maximum Gasteiger partial charge on any atom is 0.222 e. The summed E-state index contributed by atoms with van der Waals surface area (Å²) >= 11 is 0. The Morgan fingerprint density at radius 2 is 1.66 bits per heavy atom. The molecular weight excluding hydrogens is 354 g/mol. The quantitative estimate of drug-likeness (QED) is 0.489. The molecule has 4 fully saturated rings. The fourth-order valence-corrected chi connectivity index (χ4v) is 9.18. The van der Waals surface area contributed by atoms with Crippen molar-refractivity contribution in [3.63, 3.8) is 0 Å². The molecule has 0 radical (unpaired) electrons. The molecule has 0 aromatic carbocycles. The molecule has 3 aliphatic carbocycles. The highest BCUT2D eigenvalue weighted by Crippen LogP contribution is 2.67. The number of hydrogen-bond donors (Lipinski definition) is 0. The topological polar surface area (TPSA) is 20.3 Å². The minimum Gasteiger partial charge on any atom is -0.342 e. The molecule has 1 aliphatic heterocycles. The molecule has 8 atom stereocenters. The van der Waals surface area contributed by atoms with Gasteiger partial charge in [0.05, 0.1) is 0 Å². The standard InChI is InChI=1S/C27H47NO/c1-18(2)8-7-9-19(3)21-11-12-22-20-10-13-24-27(5,17-15-25(29)28(24)6)23(20)14-16-26(21,22)4/h18-24H,7-17H2,1-6H3/t19?,20?,21-,22?,23?,24-,26-,27-/m1/s1. The van der Waals surface area contributed by atoms with E-state index in [-0.39, 0.29) is 0 Å². The lowest BCUT2D eigenvalue weighted by Crippen LogP contribution is -2.61. The van der Waals surface area contributed by atoms with Crippen LogP contribution in [0.2, 0.25) is 0 Å². The number of likely N-dealkylation sites (tertiary alicyclic amines) is 1. The zero-order valence-electron chi connectivity index (χ0n) is 20.2. The zero-order valence-corrected chi connectivity index (χ0v) is 20.2. The lowest BCUT2D eigenvalue weighted by atomic mass is 9.46. The molecule has 1 saturated heterocycles. The van der Waals surface area contributed by atoms with Crippen LogP contribution in [0.15, 0.2) is 0 Å². The van der Waals surface area contributed by atoms with Crippen LogP contribution in [-0.4, -0.2) is 23.9 Å². The fraction of sp³-hybridized carbons (Fsp3) is 0.963. The van der Waals surface area contributed by atoms with Gasteiger partial charge in [0, 0.05) is 19.5 Å². The predicted octanol–water partition coefficient (Wildman–Crippen LogP) is 6.93. The highest BCUT2D eigenvalue weighted by Gasteiger charge is 2.61. The van der Waals surface area contributed by atoms with Gasteiger partial charge in [-0.3, -0.25) is 4.79 Å². The van der Waals surface area contributed by atoms with E-state index in [0.717, 1.165) is 48.3 Å². The van der Waals surface area contributed by atoms with Crippen molar-refractivity contribution in [3.05, 3.63) is 0 Å². The minimum absolute atomic E-state index is 0.369. The van der Waals surface area contributed by atoms with Crippen molar-refractivity contribution < 1.29 is 4.79 Å². The smallest absolute Gasteiger partial charge is 0.222 e. The van der Waals surface area contributed by atoms with Gasteiger partial charge in [0.2, 0.25) is 5.91 Å². The summed E-state index contributed by atoms with van der Waals surface area (Å²) in [6, 6.07) is 0.501. The molecule has 4 aliphatic rings. The van der Waals surface area contributed by atoms with E-state index >= 15 is 0 Å². The molecule has 29 heavy (non-hydrogen) atoms. The third-order valence-corrected chi connectivity index (χ3v) is 10.8. The Balaban J connectivity index is 1.48. The second-order valence-electron chi connectivity index (χ2n) is 12.5. The van der Waals surface area contributed by atoms with Gasteiger partial charge in [0.15, 0.2) is 0 Å². The highest BCUT2D eigenvalue weighted by molar-refractivity contribution is 5.77. The molecule has 4 unspecified atom stereocenters. The monoisotopic (exact) mass is 401 g/mol. The maximum absolute atomic E-state index is 12.4. The molecular formula is C27H47NO. The van der Waals surface area contributed by atoms with Crippen LogP contribution in [-0.2, 0) is 4.79 Å². The van der Waals surface area contributed by atoms with Crippen molar-refractivity contribution >= 4 is 5.91 Å². The molecule has 0 aromatic heterocycles. The molecule has 2 nitrogen and oxygen atoms in total. The van der Waals surface area contributed by atoms with Gasteiger partial charge in [-0.15, -0.1) is 0 Å². The average Bonchev–Trinajstić information content (AvgIpc) is 3.02. The normalized spacial score (nSPS) is 45.7. The summed E-state index contributed by atoms with van der Waals surface area (Å²) in [6.45, 7) is 12.6. The largest absolute Gasteiger partial charge is 0.342 e. The van der Waals surface area contributed by atoms with E-state index in [9.17, 15) is 4.79 Å². The van der Waals surface area contributed by atoms with Crippen LogP contribution in [0.25, 0.3) is 0 Å². The highest BCUT2D eigenvalue weighted by atomic mass is 16.2. The average molecular weight is 402 g/mol. The van der Waals surface area contributed by atoms with Gasteiger partial charge in [-0.1, -0.05) is 53.9 Å². The van der Waals surface area contributed by atoms with Crippen molar-refractivity contribution in [1.29, 1.82) is 0 Å². The van der Waals surface area contributed by atoms with Gasteiger partial charge in [0.25, 0.3) is 0 Å². The van der Waals surface area contributed by atoms with Gasteiger partial charge in [-0.25, -0.2) is 0 Å². The maximum atomic E-state index is 12.4. The van der Waals surface area contributed by atoms with Gasteiger partial charge in [0.1, 0.15) is 0 Å². The van der Waals surface area contributed by atoms with E-state index in [0.29, 0.717) is 22.8 Å². The first-order chi connectivity index (χ1) is 13.7. The first-order valence-electron chi connectivity index (χ1n) is 12.9. The lowest BCUT2D eigenvalue weighted by molar-refractivity contribution is -0.158. The molecule has 0 bridgehead atoms. The number of rotatable bonds is 5. The van der Waals surface area contributed by atoms with E-state index in [4.69, 9.17) is 0 Å². The van der Waals surface area contributed by atoms with E-state index in [1.165, 1.54) is 57.8 Å². The zero-order chi connectivity index (χ0) is 21.0. The third kappa shape index (κ3) is 3.49. The number of fused-ring (bicyclic) bond motifs is 5. The Bertz CT molecular complexity index is 614. The van der Waals surface area contributed by atoms with Crippen LogP contribution in [0, 0.1) is 46.3 Å². The van der Waals surface area contributed by atoms with Crippen LogP contribution in [0.3, 0.4) is 0 Å². The van der Waals surface area contributed by atoms with Crippen LogP contribution in [0.1, 0.15) is 105 Å². The van der Waals surface area contributed by atoms with Crippen LogP contribution < -0.4 is 0 Å². The van der Waals surface area contributed by atoms with Crippen LogP contribution in [0.5, 0.6) is 0 Å². The van der Waals surface area contributed by atoms with Crippen molar-refractivity contribution in [2.24, 2.45) is 46.3 Å². The van der Waals surface area contributed by atoms with Gasteiger partial charge < -0.3 is 4.90 Å². The minimum atomic E-state index is 0.369. The fourth-order valence-electron chi connectivity index (χ4n) is 9.18. The number of carbonyl (C=O) groups excluding carboxylic acids is 1. The number of carbonyl (C=O) groups is 1. The molecule has 0 spiro atoms. The Hall–Kier alpha value is -0.530. The first kappa shape index (κ1) is 21.7. The Kier molecular flexibility index (Phi) is 5.88. The summed E-state index contributed by atoms with van der Waals surface area (Å²) in [5, 5.41) is 0. The Labute approximate surface area is 180 Å². The van der Waals surface area contributed by atoms with Gasteiger partial charge in [-0.2, -0.15) is 0 Å². The van der Waals surface area contributed by atoms with Gasteiger partial charge >= 0.3 is 0 Å². The van der Waals surface area contributed by atoms with Crippen molar-refractivity contribution in [1.82, 2.24) is 4.90 Å². The summed E-state index contributed by atoms with van der Waals surface area (Å²) in [4.78, 5) is 14.5. The van der Waals surface area contributed by atoms with Gasteiger partial charge in [-0.05, 0) is 91.3 Å². The molecule has 1 amide bonds. The van der Waals surface area contributed by atoms with Crippen LogP contribution in [0.4, 0.5) is 0 Å². The predicted molar refractivity (Wildman–Crippen MR) is 122 cm³/mol. The van der Waals surface area contributed by atoms with Crippen LogP contribution >= 0.6 is 0 Å². The summed E-state index contributed by atoms with van der Waals surface area (Å²) in [5.74, 6) is 5.80. The SMILES string of the molecule is CC(C)CCCC(C)[C@H]1CCC2C3CC[C@H]4N(C)C(=O)CC[C@]4(C)C3CC[C@@]21C. The summed E-state index contributed by atoms with van der Waals surface area (Å²) in [5.41, 5.74) is 0.950. The molecule has 2 heteroatoms. The van der Waals surface area contributed by atoms with Crippen molar-refractivity contribution in [2.45, 2.75) is 111 Å². The molecule has 0 N–H and O–H groups in total. The summed E-state index contributed by atoms with van der Waals surface area (Å²) in [6.07, 6.45) is 14.6. The van der Waals surface area contributed by atoms with Crippen molar-refractivity contribution in [2.75, 3.05) is 7.05 Å². The molecule has 0 aromatic rings. The molecule has 3 saturated carbocycles. The molecule has 166 valence electrons. The van der Waals surface area contributed by atoms with Crippen molar-refractivity contribution in [3.8, 4) is 0 Å². The van der Waals surface area contributed by atoms with E-state index in [1.807, 2.05) is 0 Å². The third-order valence-electron chi connectivity index (χ3n) is 10.8. The summed E-state index contributed by atoms with van der Waals surface area (Å²) in [7, 11) is 2.09. The number of amides is 1. The number of hydrogen-bond acceptors (Lipinski definition) is 1. The Morgan fingerprint density at radius 1 is 0.931 bits per heavy atom. The molecule has 1 heterocycles. The van der Waals surface area contributed by atoms with E-state index in [2.05, 4.69) is 46.6 Å². The number of nitrogens with zero attached hydrogens (tertiary/aromatic N) is 1. The van der Waals surface area contributed by atoms with E-state index < -0.39 is 0 Å². The lowest BCUT2D eigenvalue weighted by Gasteiger charge is -2.62. The number of piperidine rings is 1. The molecule has 4 rings (SSSR count). The Morgan fingerprint density at radius 3 is 2.38 bits per heavy atom. The first-order valence-corrected chi connectivity index (χ1v) is 12.9. The van der Waals surface area contributed by atoms with E-state index in [1.54, 1.807) is 0 Å². The second-order valence-corrected chi connectivity index (χ2v) is 12.5.